The molecule has 0 amide bonds. The van der Waals surface area contributed by atoms with Gasteiger partial charge < -0.3 is 5.32 Å². The van der Waals surface area contributed by atoms with Crippen LogP contribution in [0.5, 0.6) is 0 Å². The van der Waals surface area contributed by atoms with Crippen molar-refractivity contribution in [2.75, 3.05) is 17.6 Å². The van der Waals surface area contributed by atoms with Gasteiger partial charge in [-0.3, -0.25) is 0 Å². The molecule has 0 bridgehead atoms. The maximum absolute atomic E-state index is 5.90. The standard InChI is InChI=1S/C20H22ClN3S/c21-16-9-11-17(12-10-16)25-14-6-2-1-5-13-22-20-18-7-3-4-8-19(18)23-15-24-20/h3-4,7-12,15H,1-2,5-6,13-14H2,(H,22,23,24). The normalized spacial score (nSPS) is 10.9. The summed E-state index contributed by atoms with van der Waals surface area (Å²) in [6.07, 6.45) is 6.51. The molecular formula is C20H22ClN3S. The number of rotatable bonds is 9. The predicted octanol–water partition coefficient (Wildman–Crippen LogP) is 6.05. The zero-order chi connectivity index (χ0) is 17.3. The Bertz CT molecular complexity index is 787. The van der Waals surface area contributed by atoms with E-state index in [-0.39, 0.29) is 0 Å². The summed E-state index contributed by atoms with van der Waals surface area (Å²) in [5.74, 6) is 2.09. The summed E-state index contributed by atoms with van der Waals surface area (Å²) in [4.78, 5) is 9.94. The number of para-hydroxylation sites is 1. The number of benzene rings is 2. The molecule has 130 valence electrons. The Labute approximate surface area is 158 Å². The van der Waals surface area contributed by atoms with Crippen molar-refractivity contribution in [3.63, 3.8) is 0 Å². The topological polar surface area (TPSA) is 37.8 Å². The first-order valence-electron chi connectivity index (χ1n) is 8.65. The summed E-state index contributed by atoms with van der Waals surface area (Å²) in [6, 6.07) is 16.2. The molecule has 0 radical (unpaired) electrons. The smallest absolute Gasteiger partial charge is 0.137 e. The van der Waals surface area contributed by atoms with Crippen LogP contribution in [0, 0.1) is 0 Å². The van der Waals surface area contributed by atoms with Crippen molar-refractivity contribution in [1.29, 1.82) is 0 Å². The molecule has 0 saturated carbocycles. The minimum atomic E-state index is 0.799. The highest BCUT2D eigenvalue weighted by Crippen LogP contribution is 2.22. The molecule has 0 unspecified atom stereocenters. The minimum Gasteiger partial charge on any atom is -0.369 e. The van der Waals surface area contributed by atoms with Crippen LogP contribution in [0.4, 0.5) is 5.82 Å². The molecule has 0 aliphatic carbocycles. The number of halogens is 1. The van der Waals surface area contributed by atoms with E-state index in [0.717, 1.165) is 40.5 Å². The van der Waals surface area contributed by atoms with Crippen molar-refractivity contribution in [2.24, 2.45) is 0 Å². The van der Waals surface area contributed by atoms with E-state index in [4.69, 9.17) is 11.6 Å². The first-order valence-corrected chi connectivity index (χ1v) is 10.0. The molecule has 0 aliphatic heterocycles. The van der Waals surface area contributed by atoms with E-state index in [2.05, 4.69) is 33.5 Å². The van der Waals surface area contributed by atoms with E-state index in [1.165, 1.54) is 24.2 Å². The van der Waals surface area contributed by atoms with Gasteiger partial charge in [-0.2, -0.15) is 0 Å². The summed E-state index contributed by atoms with van der Waals surface area (Å²) < 4.78 is 0. The van der Waals surface area contributed by atoms with Crippen LogP contribution in [-0.2, 0) is 0 Å². The summed E-state index contributed by atoms with van der Waals surface area (Å²) in [6.45, 7) is 0.950. The molecule has 3 aromatic rings. The fourth-order valence-corrected chi connectivity index (χ4v) is 3.69. The van der Waals surface area contributed by atoms with Crippen LogP contribution in [0.1, 0.15) is 25.7 Å². The first-order chi connectivity index (χ1) is 12.3. The van der Waals surface area contributed by atoms with Crippen molar-refractivity contribution < 1.29 is 0 Å². The summed E-state index contributed by atoms with van der Waals surface area (Å²) in [5, 5.41) is 5.33. The lowest BCUT2D eigenvalue weighted by Crippen LogP contribution is -2.04. The number of aromatic nitrogens is 2. The third-order valence-electron chi connectivity index (χ3n) is 3.99. The number of unbranched alkanes of at least 4 members (excludes halogenated alkanes) is 3. The molecule has 1 N–H and O–H groups in total. The van der Waals surface area contributed by atoms with Crippen molar-refractivity contribution in [2.45, 2.75) is 30.6 Å². The Kier molecular flexibility index (Phi) is 6.95. The molecule has 0 spiro atoms. The van der Waals surface area contributed by atoms with Gasteiger partial charge in [0.2, 0.25) is 0 Å². The van der Waals surface area contributed by atoms with E-state index >= 15 is 0 Å². The van der Waals surface area contributed by atoms with Crippen molar-refractivity contribution in [3.05, 3.63) is 59.9 Å². The first kappa shape index (κ1) is 18.0. The number of fused-ring (bicyclic) bond motifs is 1. The van der Waals surface area contributed by atoms with Crippen LogP contribution in [0.3, 0.4) is 0 Å². The van der Waals surface area contributed by atoms with Gasteiger partial charge in [0.15, 0.2) is 0 Å². The second-order valence-corrected chi connectivity index (χ2v) is 7.49. The molecule has 1 heterocycles. The zero-order valence-corrected chi connectivity index (χ0v) is 15.7. The Morgan fingerprint density at radius 2 is 1.68 bits per heavy atom. The number of hydrogen-bond donors (Lipinski definition) is 1. The summed E-state index contributed by atoms with van der Waals surface area (Å²) in [7, 11) is 0. The molecule has 0 atom stereocenters. The molecule has 2 aromatic carbocycles. The highest BCUT2D eigenvalue weighted by molar-refractivity contribution is 7.99. The minimum absolute atomic E-state index is 0.799. The maximum atomic E-state index is 5.90. The van der Waals surface area contributed by atoms with Gasteiger partial charge in [0.1, 0.15) is 12.1 Å². The molecule has 3 rings (SSSR count). The predicted molar refractivity (Wildman–Crippen MR) is 109 cm³/mol. The molecule has 0 aliphatic rings. The van der Waals surface area contributed by atoms with Crippen molar-refractivity contribution >= 4 is 40.1 Å². The van der Waals surface area contributed by atoms with Crippen LogP contribution in [0.2, 0.25) is 5.02 Å². The lowest BCUT2D eigenvalue weighted by Gasteiger charge is -2.08. The van der Waals surface area contributed by atoms with Gasteiger partial charge in [-0.05, 0) is 55.0 Å². The van der Waals surface area contributed by atoms with Gasteiger partial charge in [-0.25, -0.2) is 9.97 Å². The van der Waals surface area contributed by atoms with Gasteiger partial charge in [0, 0.05) is 21.8 Å². The van der Waals surface area contributed by atoms with Crippen LogP contribution in [0.25, 0.3) is 10.9 Å². The van der Waals surface area contributed by atoms with Gasteiger partial charge in [0.25, 0.3) is 0 Å². The summed E-state index contributed by atoms with van der Waals surface area (Å²) in [5.41, 5.74) is 0.985. The SMILES string of the molecule is Clc1ccc(SCCCCCCNc2ncnc3ccccc23)cc1. The highest BCUT2D eigenvalue weighted by atomic mass is 35.5. The monoisotopic (exact) mass is 371 g/mol. The lowest BCUT2D eigenvalue weighted by molar-refractivity contribution is 0.688. The Hall–Kier alpha value is -1.78. The van der Waals surface area contributed by atoms with Crippen LogP contribution in [-0.4, -0.2) is 22.3 Å². The number of anilines is 1. The second-order valence-electron chi connectivity index (χ2n) is 5.88. The maximum Gasteiger partial charge on any atom is 0.137 e. The highest BCUT2D eigenvalue weighted by Gasteiger charge is 2.01. The molecule has 0 saturated heterocycles. The van der Waals surface area contributed by atoms with Crippen molar-refractivity contribution in [1.82, 2.24) is 9.97 Å². The Morgan fingerprint density at radius 1 is 0.880 bits per heavy atom. The quantitative estimate of drug-likeness (QED) is 0.367. The Morgan fingerprint density at radius 3 is 2.56 bits per heavy atom. The number of nitrogens with zero attached hydrogens (tertiary/aromatic N) is 2. The average molecular weight is 372 g/mol. The van der Waals surface area contributed by atoms with E-state index in [1.807, 2.05) is 42.1 Å². The van der Waals surface area contributed by atoms with Gasteiger partial charge in [-0.1, -0.05) is 36.6 Å². The second kappa shape index (κ2) is 9.64. The van der Waals surface area contributed by atoms with Crippen molar-refractivity contribution in [3.8, 4) is 0 Å². The molecule has 25 heavy (non-hydrogen) atoms. The average Bonchev–Trinajstić information content (AvgIpc) is 2.65. The van der Waals surface area contributed by atoms with Crippen LogP contribution < -0.4 is 5.32 Å². The van der Waals surface area contributed by atoms with Crippen LogP contribution >= 0.6 is 23.4 Å². The number of hydrogen-bond acceptors (Lipinski definition) is 4. The van der Waals surface area contributed by atoms with E-state index in [1.54, 1.807) is 6.33 Å². The van der Waals surface area contributed by atoms with E-state index in [0.29, 0.717) is 0 Å². The number of nitrogens with one attached hydrogen (secondary N) is 1. The zero-order valence-electron chi connectivity index (χ0n) is 14.1. The molecular weight excluding hydrogens is 350 g/mol. The third kappa shape index (κ3) is 5.62. The summed E-state index contributed by atoms with van der Waals surface area (Å²) >= 11 is 7.80. The number of thioether (sulfide) groups is 1. The van der Waals surface area contributed by atoms with Gasteiger partial charge >= 0.3 is 0 Å². The molecule has 5 heteroatoms. The fraction of sp³-hybridized carbons (Fsp3) is 0.300. The van der Waals surface area contributed by atoms with Gasteiger partial charge in [-0.15, -0.1) is 11.8 Å². The Balaban J connectivity index is 1.30. The van der Waals surface area contributed by atoms with Gasteiger partial charge in [0.05, 0.1) is 5.52 Å². The largest absolute Gasteiger partial charge is 0.369 e. The van der Waals surface area contributed by atoms with E-state index < -0.39 is 0 Å². The molecule has 1 aromatic heterocycles. The van der Waals surface area contributed by atoms with E-state index in [9.17, 15) is 0 Å². The fourth-order valence-electron chi connectivity index (χ4n) is 2.65. The third-order valence-corrected chi connectivity index (χ3v) is 5.34. The van der Waals surface area contributed by atoms with Crippen LogP contribution in [0.15, 0.2) is 59.8 Å². The lowest BCUT2D eigenvalue weighted by atomic mass is 10.2. The molecule has 0 fully saturated rings. The molecule has 3 nitrogen and oxygen atoms in total.